The van der Waals surface area contributed by atoms with Crippen molar-refractivity contribution in [2.75, 3.05) is 0 Å². The molecule has 1 aromatic heterocycles. The fraction of sp³-hybridized carbons (Fsp3) is 0.786. The van der Waals surface area contributed by atoms with E-state index in [9.17, 15) is 0 Å². The third-order valence-electron chi connectivity index (χ3n) is 3.37. The summed E-state index contributed by atoms with van der Waals surface area (Å²) in [4.78, 5) is 5.83. The van der Waals surface area contributed by atoms with Crippen molar-refractivity contribution in [2.24, 2.45) is 5.92 Å². The van der Waals surface area contributed by atoms with Gasteiger partial charge in [-0.15, -0.1) is 11.3 Å². The molecule has 0 saturated heterocycles. The van der Waals surface area contributed by atoms with Crippen molar-refractivity contribution >= 4 is 11.3 Å². The molecule has 1 heterocycles. The summed E-state index contributed by atoms with van der Waals surface area (Å²) in [7, 11) is 0. The first kappa shape index (κ1) is 14.7. The van der Waals surface area contributed by atoms with Gasteiger partial charge in [0.15, 0.2) is 0 Å². The highest BCUT2D eigenvalue weighted by molar-refractivity contribution is 7.11. The molecule has 2 unspecified atom stereocenters. The average Bonchev–Trinajstić information content (AvgIpc) is 2.82. The predicted molar refractivity (Wildman–Crippen MR) is 76.5 cm³/mol. The van der Waals surface area contributed by atoms with Gasteiger partial charge < -0.3 is 5.32 Å². The van der Waals surface area contributed by atoms with E-state index >= 15 is 0 Å². The number of aryl methyl sites for hydroxylation is 1. The van der Waals surface area contributed by atoms with Crippen LogP contribution >= 0.6 is 11.3 Å². The van der Waals surface area contributed by atoms with Crippen molar-refractivity contribution in [3.05, 3.63) is 16.1 Å². The van der Waals surface area contributed by atoms with Gasteiger partial charge in [-0.1, -0.05) is 34.1 Å². The molecular formula is C14H26N2S. The smallest absolute Gasteiger partial charge is 0.107 e. The van der Waals surface area contributed by atoms with Crippen LogP contribution in [0.2, 0.25) is 0 Å². The lowest BCUT2D eigenvalue weighted by Crippen LogP contribution is -2.29. The molecule has 2 atom stereocenters. The lowest BCUT2D eigenvalue weighted by molar-refractivity contribution is 0.384. The fourth-order valence-electron chi connectivity index (χ4n) is 1.87. The Labute approximate surface area is 110 Å². The maximum absolute atomic E-state index is 4.45. The molecule has 17 heavy (non-hydrogen) atoms. The van der Waals surface area contributed by atoms with Gasteiger partial charge in [-0.3, -0.25) is 0 Å². The standard InChI is InChI=1S/C14H26N2S/c1-5-11(4)8-12(6-2)15-10-14-16-9-13(7-3)17-14/h9,11-12,15H,5-8,10H2,1-4H3. The highest BCUT2D eigenvalue weighted by Crippen LogP contribution is 2.15. The summed E-state index contributed by atoms with van der Waals surface area (Å²) in [6.45, 7) is 9.98. The van der Waals surface area contributed by atoms with Gasteiger partial charge in [0.05, 0.1) is 0 Å². The van der Waals surface area contributed by atoms with Gasteiger partial charge in [0, 0.05) is 23.7 Å². The second kappa shape index (κ2) is 7.83. The van der Waals surface area contributed by atoms with Gasteiger partial charge in [0.25, 0.3) is 0 Å². The molecular weight excluding hydrogens is 228 g/mol. The van der Waals surface area contributed by atoms with Crippen molar-refractivity contribution in [3.63, 3.8) is 0 Å². The van der Waals surface area contributed by atoms with Crippen LogP contribution in [-0.4, -0.2) is 11.0 Å². The van der Waals surface area contributed by atoms with E-state index in [0.717, 1.165) is 18.9 Å². The zero-order chi connectivity index (χ0) is 12.7. The van der Waals surface area contributed by atoms with E-state index < -0.39 is 0 Å². The monoisotopic (exact) mass is 254 g/mol. The normalized spacial score (nSPS) is 14.8. The third kappa shape index (κ3) is 5.17. The molecule has 0 radical (unpaired) electrons. The van der Waals surface area contributed by atoms with Crippen LogP contribution in [0.4, 0.5) is 0 Å². The Bertz CT molecular complexity index is 309. The fourth-order valence-corrected chi connectivity index (χ4v) is 2.68. The number of nitrogens with one attached hydrogen (secondary N) is 1. The first-order chi connectivity index (χ1) is 8.19. The minimum absolute atomic E-state index is 0.638. The number of thiazole rings is 1. The van der Waals surface area contributed by atoms with E-state index in [2.05, 4.69) is 38.0 Å². The summed E-state index contributed by atoms with van der Waals surface area (Å²) in [5.74, 6) is 0.815. The molecule has 0 fully saturated rings. The molecule has 0 aliphatic heterocycles. The molecule has 0 spiro atoms. The van der Waals surface area contributed by atoms with Crippen molar-refractivity contribution in [3.8, 4) is 0 Å². The number of nitrogens with zero attached hydrogens (tertiary/aromatic N) is 1. The second-order valence-electron chi connectivity index (χ2n) is 4.81. The Kier molecular flexibility index (Phi) is 6.75. The van der Waals surface area contributed by atoms with E-state index in [4.69, 9.17) is 0 Å². The number of aromatic nitrogens is 1. The molecule has 98 valence electrons. The van der Waals surface area contributed by atoms with Crippen molar-refractivity contribution in [1.29, 1.82) is 0 Å². The molecule has 3 heteroatoms. The summed E-state index contributed by atoms with van der Waals surface area (Å²) in [5.41, 5.74) is 0. The van der Waals surface area contributed by atoms with Crippen LogP contribution in [0.3, 0.4) is 0 Å². The Morgan fingerprint density at radius 1 is 1.29 bits per heavy atom. The van der Waals surface area contributed by atoms with Crippen LogP contribution in [0.5, 0.6) is 0 Å². The SMILES string of the molecule is CCc1cnc(CNC(CC)CC(C)CC)s1. The Morgan fingerprint density at radius 3 is 2.59 bits per heavy atom. The highest BCUT2D eigenvalue weighted by Gasteiger charge is 2.10. The van der Waals surface area contributed by atoms with Crippen LogP contribution in [0.15, 0.2) is 6.20 Å². The van der Waals surface area contributed by atoms with Gasteiger partial charge >= 0.3 is 0 Å². The highest BCUT2D eigenvalue weighted by atomic mass is 32.1. The summed E-state index contributed by atoms with van der Waals surface area (Å²) >= 11 is 1.84. The van der Waals surface area contributed by atoms with Crippen LogP contribution in [-0.2, 0) is 13.0 Å². The molecule has 2 nitrogen and oxygen atoms in total. The second-order valence-corrected chi connectivity index (χ2v) is 6.01. The molecule has 0 aliphatic carbocycles. The molecule has 0 amide bonds. The number of hydrogen-bond acceptors (Lipinski definition) is 3. The summed E-state index contributed by atoms with van der Waals surface area (Å²) < 4.78 is 0. The molecule has 1 rings (SSSR count). The van der Waals surface area contributed by atoms with Crippen LogP contribution in [0.1, 0.15) is 56.8 Å². The number of rotatable bonds is 8. The quantitative estimate of drug-likeness (QED) is 0.758. The largest absolute Gasteiger partial charge is 0.308 e. The maximum Gasteiger partial charge on any atom is 0.107 e. The Balaban J connectivity index is 2.36. The Morgan fingerprint density at radius 2 is 2.06 bits per heavy atom. The summed E-state index contributed by atoms with van der Waals surface area (Å²) in [6, 6.07) is 0.638. The molecule has 0 aliphatic rings. The van der Waals surface area contributed by atoms with Gasteiger partial charge in [-0.25, -0.2) is 4.98 Å². The zero-order valence-electron chi connectivity index (χ0n) is 11.6. The number of hydrogen-bond donors (Lipinski definition) is 1. The molecule has 0 saturated carbocycles. The zero-order valence-corrected chi connectivity index (χ0v) is 12.4. The van der Waals surface area contributed by atoms with Gasteiger partial charge in [-0.05, 0) is 25.2 Å². The molecule has 1 aromatic rings. The van der Waals surface area contributed by atoms with Crippen molar-refractivity contribution < 1.29 is 0 Å². The van der Waals surface area contributed by atoms with Crippen molar-refractivity contribution in [2.45, 2.75) is 66.0 Å². The Hall–Kier alpha value is -0.410. The van der Waals surface area contributed by atoms with Crippen LogP contribution in [0, 0.1) is 5.92 Å². The minimum Gasteiger partial charge on any atom is -0.308 e. The molecule has 0 aromatic carbocycles. The lowest BCUT2D eigenvalue weighted by atomic mass is 9.98. The van der Waals surface area contributed by atoms with E-state index in [0.29, 0.717) is 6.04 Å². The van der Waals surface area contributed by atoms with Crippen LogP contribution in [0.25, 0.3) is 0 Å². The van der Waals surface area contributed by atoms with Gasteiger partial charge in [-0.2, -0.15) is 0 Å². The predicted octanol–water partition coefficient (Wildman–Crippen LogP) is 4.01. The van der Waals surface area contributed by atoms with Crippen molar-refractivity contribution in [1.82, 2.24) is 10.3 Å². The first-order valence-corrected chi connectivity index (χ1v) is 7.68. The average molecular weight is 254 g/mol. The summed E-state index contributed by atoms with van der Waals surface area (Å²) in [5, 5.41) is 4.86. The maximum atomic E-state index is 4.45. The third-order valence-corrected chi connectivity index (χ3v) is 4.51. The topological polar surface area (TPSA) is 24.9 Å². The van der Waals surface area contributed by atoms with E-state index in [1.807, 2.05) is 17.5 Å². The van der Waals surface area contributed by atoms with Gasteiger partial charge in [0.1, 0.15) is 5.01 Å². The summed E-state index contributed by atoms with van der Waals surface area (Å²) in [6.07, 6.45) is 6.86. The lowest BCUT2D eigenvalue weighted by Gasteiger charge is -2.19. The molecule has 1 N–H and O–H groups in total. The molecule has 0 bridgehead atoms. The van der Waals surface area contributed by atoms with Crippen LogP contribution < -0.4 is 5.32 Å². The van der Waals surface area contributed by atoms with E-state index in [1.165, 1.54) is 29.1 Å². The van der Waals surface area contributed by atoms with Gasteiger partial charge in [0.2, 0.25) is 0 Å². The minimum atomic E-state index is 0.638. The first-order valence-electron chi connectivity index (χ1n) is 6.86. The van der Waals surface area contributed by atoms with E-state index in [1.54, 1.807) is 0 Å². The van der Waals surface area contributed by atoms with E-state index in [-0.39, 0.29) is 0 Å².